The van der Waals surface area contributed by atoms with Gasteiger partial charge >= 0.3 is 0 Å². The zero-order valence-electron chi connectivity index (χ0n) is 18.0. The number of carbonyl (C=O) groups is 2. The number of halogens is 1. The number of hydrogen-bond donors (Lipinski definition) is 2. The first-order chi connectivity index (χ1) is 15.3. The van der Waals surface area contributed by atoms with Crippen LogP contribution in [0.1, 0.15) is 35.7 Å². The van der Waals surface area contributed by atoms with Crippen LogP contribution in [0.5, 0.6) is 0 Å². The van der Waals surface area contributed by atoms with Gasteiger partial charge in [-0.15, -0.1) is 0 Å². The van der Waals surface area contributed by atoms with Crippen LogP contribution in [-0.2, 0) is 22.5 Å². The van der Waals surface area contributed by atoms with E-state index >= 15 is 0 Å². The summed E-state index contributed by atoms with van der Waals surface area (Å²) >= 11 is 3.97. The Hall–Kier alpha value is -2.42. The van der Waals surface area contributed by atoms with Gasteiger partial charge in [0, 0.05) is 43.7 Å². The number of carbonyl (C=O) groups excluding carboxylic acids is 2. The molecule has 1 fully saturated rings. The van der Waals surface area contributed by atoms with Crippen LogP contribution in [-0.4, -0.2) is 51.7 Å². The molecule has 7 nitrogen and oxygen atoms in total. The van der Waals surface area contributed by atoms with Gasteiger partial charge in [0.05, 0.1) is 5.69 Å². The number of piperidine rings is 1. The number of nitrogens with zero attached hydrogens (tertiary/aromatic N) is 2. The van der Waals surface area contributed by atoms with Crippen LogP contribution in [0.4, 0.5) is 5.69 Å². The minimum atomic E-state index is -2.20. The molecule has 2 amide bonds. The van der Waals surface area contributed by atoms with E-state index in [2.05, 4.69) is 5.32 Å². The lowest BCUT2D eigenvalue weighted by atomic mass is 9.96. The minimum absolute atomic E-state index is 0.0947. The molecule has 172 valence electrons. The highest BCUT2D eigenvalue weighted by Gasteiger charge is 2.21. The van der Waals surface area contributed by atoms with E-state index in [9.17, 15) is 18.4 Å². The Morgan fingerprint density at radius 2 is 1.81 bits per heavy atom. The van der Waals surface area contributed by atoms with Crippen LogP contribution in [0.3, 0.4) is 0 Å². The number of hydrogen-bond acceptors (Lipinski definition) is 3. The summed E-state index contributed by atoms with van der Waals surface area (Å²) in [6.45, 7) is 3.91. The van der Waals surface area contributed by atoms with Gasteiger partial charge in [-0.25, -0.2) is 4.21 Å². The largest absolute Gasteiger partial charge is 0.352 e. The van der Waals surface area contributed by atoms with Gasteiger partial charge in [-0.05, 0) is 61.1 Å². The third kappa shape index (κ3) is 6.54. The molecular weight excluding hydrogens is 450 g/mol. The molecule has 1 heterocycles. The maximum absolute atomic E-state index is 12.5. The summed E-state index contributed by atoms with van der Waals surface area (Å²) in [5, 5.41) is 3.58. The van der Waals surface area contributed by atoms with Gasteiger partial charge in [-0.1, -0.05) is 29.8 Å². The molecule has 1 unspecified atom stereocenters. The molecular formula is C23H28ClN3O4S. The number of benzene rings is 2. The lowest BCUT2D eigenvalue weighted by Gasteiger charge is -2.31. The van der Waals surface area contributed by atoms with Crippen LogP contribution in [0.25, 0.3) is 0 Å². The first kappa shape index (κ1) is 24.2. The summed E-state index contributed by atoms with van der Waals surface area (Å²) in [7, 11) is 0. The van der Waals surface area contributed by atoms with Gasteiger partial charge in [0.2, 0.25) is 5.91 Å². The first-order valence-corrected chi connectivity index (χ1v) is 12.0. The lowest BCUT2D eigenvalue weighted by Crippen LogP contribution is -2.40. The normalized spacial score (nSPS) is 15.3. The molecule has 1 saturated heterocycles. The maximum Gasteiger partial charge on any atom is 0.261 e. The maximum atomic E-state index is 12.5. The van der Waals surface area contributed by atoms with E-state index < -0.39 is 11.3 Å². The van der Waals surface area contributed by atoms with Crippen molar-refractivity contribution >= 4 is 40.4 Å². The molecule has 32 heavy (non-hydrogen) atoms. The second kappa shape index (κ2) is 11.4. The molecule has 2 N–H and O–H groups in total. The van der Waals surface area contributed by atoms with E-state index in [1.54, 1.807) is 37.3 Å². The molecule has 3 rings (SSSR count). The molecule has 0 saturated carbocycles. The average molecular weight is 478 g/mol. The van der Waals surface area contributed by atoms with Crippen molar-refractivity contribution in [2.24, 2.45) is 5.92 Å². The fraction of sp³-hybridized carbons (Fsp3) is 0.391. The van der Waals surface area contributed by atoms with Crippen molar-refractivity contribution in [2.75, 3.05) is 30.5 Å². The van der Waals surface area contributed by atoms with E-state index in [1.165, 1.54) is 4.31 Å². The van der Waals surface area contributed by atoms with Crippen molar-refractivity contribution in [3.63, 3.8) is 0 Å². The van der Waals surface area contributed by atoms with Crippen LogP contribution >= 0.6 is 11.6 Å². The molecule has 0 bridgehead atoms. The summed E-state index contributed by atoms with van der Waals surface area (Å²) < 4.78 is 23.0. The highest BCUT2D eigenvalue weighted by atomic mass is 35.5. The summed E-state index contributed by atoms with van der Waals surface area (Å²) in [5.41, 5.74) is 1.94. The number of anilines is 1. The zero-order chi connectivity index (χ0) is 23.1. The van der Waals surface area contributed by atoms with Gasteiger partial charge in [-0.3, -0.25) is 18.4 Å². The number of nitrogens with one attached hydrogen (secondary N) is 1. The summed E-state index contributed by atoms with van der Waals surface area (Å²) in [6.07, 6.45) is 2.26. The van der Waals surface area contributed by atoms with Crippen molar-refractivity contribution in [3.05, 3.63) is 64.7 Å². The molecule has 1 aliphatic heterocycles. The van der Waals surface area contributed by atoms with Gasteiger partial charge < -0.3 is 10.2 Å². The Balaban J connectivity index is 1.54. The summed E-state index contributed by atoms with van der Waals surface area (Å²) in [5.74, 6) is 0.265. The average Bonchev–Trinajstić information content (AvgIpc) is 2.79. The van der Waals surface area contributed by atoms with Gasteiger partial charge in [0.15, 0.2) is 0 Å². The summed E-state index contributed by atoms with van der Waals surface area (Å²) in [6, 6.07) is 14.0. The first-order valence-electron chi connectivity index (χ1n) is 10.6. The molecule has 0 radical (unpaired) electrons. The molecule has 0 aromatic heterocycles. The molecule has 2 aromatic carbocycles. The number of likely N-dealkylation sites (tertiary alicyclic amines) is 1. The van der Waals surface area contributed by atoms with Crippen molar-refractivity contribution in [1.82, 2.24) is 10.2 Å². The van der Waals surface area contributed by atoms with Crippen molar-refractivity contribution < 1.29 is 18.4 Å². The van der Waals surface area contributed by atoms with Crippen molar-refractivity contribution in [3.8, 4) is 0 Å². The van der Waals surface area contributed by atoms with Gasteiger partial charge in [-0.2, -0.15) is 0 Å². The van der Waals surface area contributed by atoms with E-state index in [-0.39, 0.29) is 11.8 Å². The predicted octanol–water partition coefficient (Wildman–Crippen LogP) is 3.51. The third-order valence-electron chi connectivity index (χ3n) is 5.76. The Morgan fingerprint density at radius 1 is 1.16 bits per heavy atom. The van der Waals surface area contributed by atoms with E-state index in [0.717, 1.165) is 31.5 Å². The molecule has 1 aliphatic rings. The Morgan fingerprint density at radius 3 is 2.41 bits per heavy atom. The highest BCUT2D eigenvalue weighted by molar-refractivity contribution is 7.80. The second-order valence-corrected chi connectivity index (χ2v) is 9.19. The third-order valence-corrected chi connectivity index (χ3v) is 6.90. The molecule has 1 atom stereocenters. The predicted molar refractivity (Wildman–Crippen MR) is 127 cm³/mol. The Bertz CT molecular complexity index is 962. The topological polar surface area (TPSA) is 90.0 Å². The minimum Gasteiger partial charge on any atom is -0.352 e. The van der Waals surface area contributed by atoms with Crippen molar-refractivity contribution in [1.29, 1.82) is 0 Å². The SMILES string of the molecule is CC(=O)N1CCC(CNC(=O)c2ccc(N(CCc3ccccc3Cl)S(=O)O)cc2)CC1. The lowest BCUT2D eigenvalue weighted by molar-refractivity contribution is -0.130. The molecule has 9 heteroatoms. The van der Waals surface area contributed by atoms with Crippen molar-refractivity contribution in [2.45, 2.75) is 26.2 Å². The number of amides is 2. The Labute approximate surface area is 196 Å². The van der Waals surface area contributed by atoms with Crippen LogP contribution in [0, 0.1) is 5.92 Å². The molecule has 0 aliphatic carbocycles. The second-order valence-electron chi connectivity index (χ2n) is 7.88. The van der Waals surface area contributed by atoms with Gasteiger partial charge in [0.25, 0.3) is 17.2 Å². The van der Waals surface area contributed by atoms with Crippen LogP contribution in [0.15, 0.2) is 48.5 Å². The zero-order valence-corrected chi connectivity index (χ0v) is 19.6. The summed E-state index contributed by atoms with van der Waals surface area (Å²) in [4.78, 5) is 25.8. The van der Waals surface area contributed by atoms with E-state index in [0.29, 0.717) is 41.7 Å². The quantitative estimate of drug-likeness (QED) is 0.569. The molecule has 0 spiro atoms. The van der Waals surface area contributed by atoms with E-state index in [1.807, 2.05) is 23.1 Å². The smallest absolute Gasteiger partial charge is 0.261 e. The fourth-order valence-electron chi connectivity index (χ4n) is 3.79. The molecule has 2 aromatic rings. The number of rotatable bonds is 8. The monoisotopic (exact) mass is 477 g/mol. The highest BCUT2D eigenvalue weighted by Crippen LogP contribution is 2.21. The standard InChI is InChI=1S/C23H28ClN3O4S/c1-17(28)26-13-10-18(11-14-26)16-25-23(29)20-6-8-21(9-7-20)27(32(30)31)15-12-19-4-2-3-5-22(19)24/h2-9,18H,10-16H2,1H3,(H,25,29)(H,30,31). The van der Waals surface area contributed by atoms with Gasteiger partial charge in [0.1, 0.15) is 0 Å². The van der Waals surface area contributed by atoms with E-state index in [4.69, 9.17) is 11.6 Å². The Kier molecular flexibility index (Phi) is 8.67. The van der Waals surface area contributed by atoms with Crippen LogP contribution in [0.2, 0.25) is 5.02 Å². The fourth-order valence-corrected chi connectivity index (χ4v) is 4.57. The van der Waals surface area contributed by atoms with Crippen LogP contribution < -0.4 is 9.62 Å².